The predicted molar refractivity (Wildman–Crippen MR) is 123 cm³/mol. The first-order valence-electron chi connectivity index (χ1n) is 11.6. The summed E-state index contributed by atoms with van der Waals surface area (Å²) in [6.45, 7) is 3.94. The number of carbonyl (C=O) groups excluding carboxylic acids is 1. The van der Waals surface area contributed by atoms with Gasteiger partial charge in [0.05, 0.1) is 31.6 Å². The molecule has 2 saturated heterocycles. The number of nitrogens with zero attached hydrogens (tertiary/aromatic N) is 6. The number of aromatic nitrogens is 4. The van der Waals surface area contributed by atoms with Crippen LogP contribution in [0.5, 0.6) is 5.88 Å². The number of amides is 2. The van der Waals surface area contributed by atoms with Gasteiger partial charge in [-0.3, -0.25) is 0 Å². The lowest BCUT2D eigenvalue weighted by Crippen LogP contribution is -2.54. The second kappa shape index (κ2) is 9.94. The highest BCUT2D eigenvalue weighted by molar-refractivity contribution is 5.74. The first-order chi connectivity index (χ1) is 16.5. The molecule has 1 aliphatic carbocycles. The molecule has 3 N–H and O–H groups in total. The number of rotatable bonds is 6. The van der Waals surface area contributed by atoms with E-state index in [2.05, 4.69) is 25.2 Å². The van der Waals surface area contributed by atoms with Gasteiger partial charge in [0, 0.05) is 69.7 Å². The Labute approximate surface area is 197 Å². The van der Waals surface area contributed by atoms with E-state index in [-0.39, 0.29) is 30.2 Å². The number of nitrogens with two attached hydrogens (primary N) is 1. The molecule has 0 radical (unpaired) electrons. The molecule has 2 aromatic rings. The number of hydrogen-bond donors (Lipinski definition) is 2. The lowest BCUT2D eigenvalue weighted by atomic mass is 9.88. The Morgan fingerprint density at radius 2 is 1.94 bits per heavy atom. The molecule has 1 saturated carbocycles. The molecule has 12 nitrogen and oxygen atoms in total. The fourth-order valence-electron chi connectivity index (χ4n) is 4.21. The average Bonchev–Trinajstić information content (AvgIpc) is 3.34. The minimum atomic E-state index is -0.0683. The molecule has 2 aromatic heterocycles. The third-order valence-electron chi connectivity index (χ3n) is 6.44. The molecule has 2 amide bonds. The van der Waals surface area contributed by atoms with Crippen molar-refractivity contribution in [3.63, 3.8) is 0 Å². The van der Waals surface area contributed by atoms with Gasteiger partial charge in [-0.1, -0.05) is 0 Å². The maximum Gasteiger partial charge on any atom is 0.317 e. The zero-order valence-corrected chi connectivity index (χ0v) is 19.2. The van der Waals surface area contributed by atoms with Crippen LogP contribution >= 0.6 is 0 Å². The minimum absolute atomic E-state index is 0.0296. The number of anilines is 2. The van der Waals surface area contributed by atoms with E-state index >= 15 is 0 Å². The lowest BCUT2D eigenvalue weighted by molar-refractivity contribution is 0.0399. The van der Waals surface area contributed by atoms with Crippen molar-refractivity contribution in [2.75, 3.05) is 57.2 Å². The van der Waals surface area contributed by atoms with Crippen molar-refractivity contribution in [2.24, 2.45) is 0 Å². The maximum absolute atomic E-state index is 12.5. The van der Waals surface area contributed by atoms with Gasteiger partial charge in [-0.05, 0) is 6.42 Å². The normalized spacial score (nSPS) is 24.4. The summed E-state index contributed by atoms with van der Waals surface area (Å²) in [5.74, 6) is 1.28. The van der Waals surface area contributed by atoms with Gasteiger partial charge in [0.15, 0.2) is 0 Å². The summed E-state index contributed by atoms with van der Waals surface area (Å²) in [6.07, 6.45) is 5.58. The SMILES string of the molecule is CN(C(=O)N[C@@H]1CCOC1)C1CC(Oc2cc(-c3cnc(N)nc3)nc(N3CCOCC3)n2)C1. The first-order valence-corrected chi connectivity index (χ1v) is 11.6. The Bertz CT molecular complexity index is 989. The molecule has 5 rings (SSSR count). The zero-order chi connectivity index (χ0) is 23.5. The molecule has 0 bridgehead atoms. The van der Waals surface area contributed by atoms with Crippen molar-refractivity contribution in [3.8, 4) is 17.1 Å². The molecule has 2 aliphatic heterocycles. The molecular formula is C22H30N8O4. The summed E-state index contributed by atoms with van der Waals surface area (Å²) in [7, 11) is 1.83. The summed E-state index contributed by atoms with van der Waals surface area (Å²) in [6, 6.07) is 1.94. The van der Waals surface area contributed by atoms with Crippen LogP contribution in [-0.2, 0) is 9.47 Å². The van der Waals surface area contributed by atoms with Crippen LogP contribution in [0.4, 0.5) is 16.7 Å². The van der Waals surface area contributed by atoms with Gasteiger partial charge in [0.25, 0.3) is 0 Å². The number of ether oxygens (including phenoxy) is 3. The standard InChI is InChI=1S/C22H30N8O4/c1-29(22(31)26-15-2-5-33-13-15)16-8-17(9-16)34-19-10-18(14-11-24-20(23)25-12-14)27-21(28-19)30-3-6-32-7-4-30/h10-12,15-17H,2-9,13H2,1H3,(H,26,31)(H2,23,24,25)/t15-,16?,17?/m1/s1. The fourth-order valence-corrected chi connectivity index (χ4v) is 4.21. The molecule has 0 aromatic carbocycles. The highest BCUT2D eigenvalue weighted by Crippen LogP contribution is 2.31. The molecule has 0 unspecified atom stereocenters. The monoisotopic (exact) mass is 470 g/mol. The number of nitrogen functional groups attached to an aromatic ring is 1. The lowest BCUT2D eigenvalue weighted by Gasteiger charge is -2.40. The van der Waals surface area contributed by atoms with Gasteiger partial charge in [-0.2, -0.15) is 4.98 Å². The highest BCUT2D eigenvalue weighted by Gasteiger charge is 2.37. The van der Waals surface area contributed by atoms with Crippen LogP contribution in [-0.4, -0.2) is 95.6 Å². The quantitative estimate of drug-likeness (QED) is 0.619. The van der Waals surface area contributed by atoms with E-state index in [4.69, 9.17) is 24.9 Å². The van der Waals surface area contributed by atoms with Crippen molar-refractivity contribution in [1.29, 1.82) is 0 Å². The molecule has 1 atom stereocenters. The molecular weight excluding hydrogens is 440 g/mol. The largest absolute Gasteiger partial charge is 0.474 e. The van der Waals surface area contributed by atoms with Gasteiger partial charge in [0.2, 0.25) is 17.8 Å². The summed E-state index contributed by atoms with van der Waals surface area (Å²) < 4.78 is 17.0. The average molecular weight is 471 g/mol. The Kier molecular flexibility index (Phi) is 6.59. The van der Waals surface area contributed by atoms with Crippen LogP contribution in [0.3, 0.4) is 0 Å². The van der Waals surface area contributed by atoms with Crippen molar-refractivity contribution >= 4 is 17.9 Å². The molecule has 3 aliphatic rings. The summed E-state index contributed by atoms with van der Waals surface area (Å²) >= 11 is 0. The minimum Gasteiger partial charge on any atom is -0.474 e. The van der Waals surface area contributed by atoms with E-state index in [1.807, 2.05) is 7.05 Å². The molecule has 0 spiro atoms. The van der Waals surface area contributed by atoms with Crippen LogP contribution in [0, 0.1) is 0 Å². The highest BCUT2D eigenvalue weighted by atomic mass is 16.5. The van der Waals surface area contributed by atoms with Crippen LogP contribution in [0.25, 0.3) is 11.3 Å². The smallest absolute Gasteiger partial charge is 0.317 e. The Morgan fingerprint density at radius 3 is 2.65 bits per heavy atom. The third kappa shape index (κ3) is 5.12. The summed E-state index contributed by atoms with van der Waals surface area (Å²) in [4.78, 5) is 33.9. The van der Waals surface area contributed by atoms with Crippen molar-refractivity contribution in [1.82, 2.24) is 30.2 Å². The van der Waals surface area contributed by atoms with Gasteiger partial charge < -0.3 is 35.1 Å². The van der Waals surface area contributed by atoms with Crippen LogP contribution < -0.4 is 20.7 Å². The van der Waals surface area contributed by atoms with E-state index in [1.54, 1.807) is 23.4 Å². The van der Waals surface area contributed by atoms with Crippen molar-refractivity contribution in [3.05, 3.63) is 18.5 Å². The number of urea groups is 1. The van der Waals surface area contributed by atoms with E-state index < -0.39 is 0 Å². The maximum atomic E-state index is 12.5. The van der Waals surface area contributed by atoms with Gasteiger partial charge in [-0.15, -0.1) is 0 Å². The van der Waals surface area contributed by atoms with Crippen LogP contribution in [0.2, 0.25) is 0 Å². The van der Waals surface area contributed by atoms with E-state index in [1.165, 1.54) is 0 Å². The Morgan fingerprint density at radius 1 is 1.18 bits per heavy atom. The van der Waals surface area contributed by atoms with Crippen LogP contribution in [0.15, 0.2) is 18.5 Å². The molecule has 4 heterocycles. The molecule has 182 valence electrons. The van der Waals surface area contributed by atoms with E-state index in [9.17, 15) is 4.79 Å². The van der Waals surface area contributed by atoms with Crippen LogP contribution in [0.1, 0.15) is 19.3 Å². The van der Waals surface area contributed by atoms with E-state index in [0.717, 1.165) is 24.8 Å². The van der Waals surface area contributed by atoms with Crippen molar-refractivity contribution < 1.29 is 19.0 Å². The molecule has 34 heavy (non-hydrogen) atoms. The Hall–Kier alpha value is -3.25. The number of morpholine rings is 1. The predicted octanol–water partition coefficient (Wildman–Crippen LogP) is 0.693. The number of carbonyl (C=O) groups is 1. The number of nitrogens with one attached hydrogen (secondary N) is 1. The molecule has 3 fully saturated rings. The third-order valence-corrected chi connectivity index (χ3v) is 6.44. The van der Waals surface area contributed by atoms with Gasteiger partial charge >= 0.3 is 6.03 Å². The summed E-state index contributed by atoms with van der Waals surface area (Å²) in [5, 5.41) is 3.03. The topological polar surface area (TPSA) is 141 Å². The Balaban J connectivity index is 1.25. The number of hydrogen-bond acceptors (Lipinski definition) is 10. The van der Waals surface area contributed by atoms with E-state index in [0.29, 0.717) is 57.0 Å². The molecule has 12 heteroatoms. The van der Waals surface area contributed by atoms with Gasteiger partial charge in [0.1, 0.15) is 6.10 Å². The second-order valence-electron chi connectivity index (χ2n) is 8.81. The second-order valence-corrected chi connectivity index (χ2v) is 8.81. The fraction of sp³-hybridized carbons (Fsp3) is 0.591. The zero-order valence-electron chi connectivity index (χ0n) is 19.2. The summed E-state index contributed by atoms with van der Waals surface area (Å²) in [5.41, 5.74) is 7.03. The first kappa shape index (κ1) is 22.5. The van der Waals surface area contributed by atoms with Crippen molar-refractivity contribution in [2.45, 2.75) is 37.5 Å². The van der Waals surface area contributed by atoms with Gasteiger partial charge in [-0.25, -0.2) is 19.7 Å².